The molecule has 0 aromatic heterocycles. The van der Waals surface area contributed by atoms with Gasteiger partial charge >= 0.3 is 0 Å². The first kappa shape index (κ1) is 13.5. The van der Waals surface area contributed by atoms with E-state index in [1.807, 2.05) is 0 Å². The molecule has 2 aromatic carbocycles. The molecule has 0 radical (unpaired) electrons. The summed E-state index contributed by atoms with van der Waals surface area (Å²) in [6, 6.07) is 10.9. The van der Waals surface area contributed by atoms with Crippen molar-refractivity contribution in [2.45, 2.75) is 6.92 Å². The molecule has 2 rings (SSSR count). The summed E-state index contributed by atoms with van der Waals surface area (Å²) >= 11 is 0. The van der Waals surface area contributed by atoms with Crippen molar-refractivity contribution >= 4 is 23.0 Å². The first-order valence-electron chi connectivity index (χ1n) is 5.89. The Hall–Kier alpha value is -2.89. The van der Waals surface area contributed by atoms with Crippen LogP contribution in [0.15, 0.2) is 42.5 Å². The molecule has 0 aliphatic heterocycles. The van der Waals surface area contributed by atoms with Crippen LogP contribution in [-0.4, -0.2) is 10.8 Å². The minimum atomic E-state index is -0.522. The van der Waals surface area contributed by atoms with E-state index in [0.717, 1.165) is 5.56 Å². The predicted molar refractivity (Wildman–Crippen MR) is 76.6 cm³/mol. The second-order valence-electron chi connectivity index (χ2n) is 4.35. The molecular weight excluding hydrogens is 258 g/mol. The molecule has 0 spiro atoms. The number of nitrogen functional groups attached to an aromatic ring is 1. The van der Waals surface area contributed by atoms with E-state index in [4.69, 9.17) is 5.73 Å². The van der Waals surface area contributed by atoms with E-state index in [9.17, 15) is 14.9 Å². The van der Waals surface area contributed by atoms with Crippen LogP contribution in [0.4, 0.5) is 17.1 Å². The van der Waals surface area contributed by atoms with Gasteiger partial charge in [-0.1, -0.05) is 6.07 Å². The number of hydrogen-bond donors (Lipinski definition) is 2. The number of nitrogens with one attached hydrogen (secondary N) is 1. The summed E-state index contributed by atoms with van der Waals surface area (Å²) in [6.07, 6.45) is 0. The molecule has 0 heterocycles. The summed E-state index contributed by atoms with van der Waals surface area (Å²) in [7, 11) is 0. The van der Waals surface area contributed by atoms with Crippen LogP contribution in [-0.2, 0) is 0 Å². The molecule has 0 atom stereocenters. The summed E-state index contributed by atoms with van der Waals surface area (Å²) in [5, 5.41) is 13.5. The van der Waals surface area contributed by atoms with Gasteiger partial charge in [0.25, 0.3) is 11.6 Å². The molecule has 0 fully saturated rings. The number of nitrogens with zero attached hydrogens (tertiary/aromatic N) is 1. The van der Waals surface area contributed by atoms with Gasteiger partial charge in [0.1, 0.15) is 5.69 Å². The second-order valence-corrected chi connectivity index (χ2v) is 4.35. The van der Waals surface area contributed by atoms with Crippen molar-refractivity contribution in [3.8, 4) is 0 Å². The molecule has 6 nitrogen and oxygen atoms in total. The number of nitrogens with two attached hydrogens (primary N) is 1. The van der Waals surface area contributed by atoms with Crippen molar-refractivity contribution in [2.24, 2.45) is 0 Å². The Kier molecular flexibility index (Phi) is 3.65. The molecular formula is C14H13N3O3. The first-order chi connectivity index (χ1) is 9.47. The Morgan fingerprint density at radius 3 is 2.45 bits per heavy atom. The van der Waals surface area contributed by atoms with E-state index in [1.54, 1.807) is 37.3 Å². The number of nitro groups is 1. The van der Waals surface area contributed by atoms with Gasteiger partial charge in [-0.3, -0.25) is 14.9 Å². The van der Waals surface area contributed by atoms with Crippen LogP contribution < -0.4 is 11.1 Å². The number of benzene rings is 2. The highest BCUT2D eigenvalue weighted by Crippen LogP contribution is 2.25. The summed E-state index contributed by atoms with van der Waals surface area (Å²) in [5.41, 5.74) is 7.26. The van der Waals surface area contributed by atoms with E-state index in [-0.39, 0.29) is 11.4 Å². The third-order valence-electron chi connectivity index (χ3n) is 2.77. The third-order valence-corrected chi connectivity index (χ3v) is 2.77. The lowest BCUT2D eigenvalue weighted by atomic mass is 10.1. The van der Waals surface area contributed by atoms with Crippen molar-refractivity contribution in [3.63, 3.8) is 0 Å². The number of rotatable bonds is 3. The fourth-order valence-corrected chi connectivity index (χ4v) is 1.73. The van der Waals surface area contributed by atoms with Crippen LogP contribution in [0.1, 0.15) is 15.9 Å². The number of anilines is 2. The molecule has 1 amide bonds. The minimum Gasteiger partial charge on any atom is -0.399 e. The molecule has 0 aliphatic carbocycles. The first-order valence-corrected chi connectivity index (χ1v) is 5.89. The second kappa shape index (κ2) is 5.40. The summed E-state index contributed by atoms with van der Waals surface area (Å²) in [6.45, 7) is 1.75. The van der Waals surface area contributed by atoms with E-state index < -0.39 is 10.8 Å². The summed E-state index contributed by atoms with van der Waals surface area (Å²) in [4.78, 5) is 22.5. The zero-order valence-corrected chi connectivity index (χ0v) is 10.8. The monoisotopic (exact) mass is 271 g/mol. The Labute approximate surface area is 115 Å². The van der Waals surface area contributed by atoms with Crippen LogP contribution >= 0.6 is 0 Å². The van der Waals surface area contributed by atoms with Gasteiger partial charge in [-0.2, -0.15) is 0 Å². The Bertz CT molecular complexity index is 666. The molecule has 3 N–H and O–H groups in total. The molecule has 0 aliphatic rings. The number of amides is 1. The quantitative estimate of drug-likeness (QED) is 0.509. The lowest BCUT2D eigenvalue weighted by molar-refractivity contribution is -0.384. The maximum absolute atomic E-state index is 12.0. The summed E-state index contributed by atoms with van der Waals surface area (Å²) < 4.78 is 0. The van der Waals surface area contributed by atoms with Gasteiger partial charge in [0.2, 0.25) is 0 Å². The van der Waals surface area contributed by atoms with Crippen molar-refractivity contribution in [1.29, 1.82) is 0 Å². The topological polar surface area (TPSA) is 98.3 Å². The standard InChI is InChI=1S/C14H13N3O3/c1-9-2-7-12(13(8-9)17(19)20)16-14(18)10-3-5-11(15)6-4-10/h2-8H,15H2,1H3,(H,16,18). The normalized spacial score (nSPS) is 10.1. The number of carbonyl (C=O) groups is 1. The van der Waals surface area contributed by atoms with E-state index >= 15 is 0 Å². The van der Waals surface area contributed by atoms with Gasteiger partial charge < -0.3 is 11.1 Å². The van der Waals surface area contributed by atoms with Gasteiger partial charge in [0, 0.05) is 17.3 Å². The van der Waals surface area contributed by atoms with Gasteiger partial charge in [-0.05, 0) is 42.8 Å². The molecule has 0 bridgehead atoms. The Balaban J connectivity index is 2.28. The van der Waals surface area contributed by atoms with Crippen molar-refractivity contribution in [1.82, 2.24) is 0 Å². The highest BCUT2D eigenvalue weighted by molar-refractivity contribution is 6.05. The van der Waals surface area contributed by atoms with Crippen LogP contribution in [0.2, 0.25) is 0 Å². The largest absolute Gasteiger partial charge is 0.399 e. The van der Waals surface area contributed by atoms with E-state index in [0.29, 0.717) is 11.3 Å². The highest BCUT2D eigenvalue weighted by atomic mass is 16.6. The zero-order chi connectivity index (χ0) is 14.7. The Morgan fingerprint density at radius 1 is 1.20 bits per heavy atom. The van der Waals surface area contributed by atoms with Crippen molar-refractivity contribution in [2.75, 3.05) is 11.1 Å². The predicted octanol–water partition coefficient (Wildman–Crippen LogP) is 2.74. The molecule has 0 saturated carbocycles. The number of carbonyl (C=O) groups excluding carboxylic acids is 1. The zero-order valence-electron chi connectivity index (χ0n) is 10.8. The lowest BCUT2D eigenvalue weighted by Crippen LogP contribution is -2.13. The maximum Gasteiger partial charge on any atom is 0.293 e. The van der Waals surface area contributed by atoms with Crippen molar-refractivity contribution in [3.05, 3.63) is 63.7 Å². The number of hydrogen-bond acceptors (Lipinski definition) is 4. The number of nitro benzene ring substituents is 1. The molecule has 2 aromatic rings. The average molecular weight is 271 g/mol. The van der Waals surface area contributed by atoms with Crippen molar-refractivity contribution < 1.29 is 9.72 Å². The number of aryl methyl sites for hydroxylation is 1. The van der Waals surface area contributed by atoms with E-state index in [2.05, 4.69) is 5.32 Å². The van der Waals surface area contributed by atoms with Gasteiger partial charge in [-0.25, -0.2) is 0 Å². The minimum absolute atomic E-state index is 0.131. The maximum atomic E-state index is 12.0. The van der Waals surface area contributed by atoms with Crippen LogP contribution in [0, 0.1) is 17.0 Å². The van der Waals surface area contributed by atoms with Gasteiger partial charge in [-0.15, -0.1) is 0 Å². The lowest BCUT2D eigenvalue weighted by Gasteiger charge is -2.07. The SMILES string of the molecule is Cc1ccc(NC(=O)c2ccc(N)cc2)c([N+](=O)[O-])c1. The fourth-order valence-electron chi connectivity index (χ4n) is 1.73. The van der Waals surface area contributed by atoms with Gasteiger partial charge in [0.05, 0.1) is 4.92 Å². The van der Waals surface area contributed by atoms with E-state index in [1.165, 1.54) is 12.1 Å². The Morgan fingerprint density at radius 2 is 1.85 bits per heavy atom. The van der Waals surface area contributed by atoms with Crippen LogP contribution in [0.3, 0.4) is 0 Å². The molecule has 20 heavy (non-hydrogen) atoms. The summed E-state index contributed by atoms with van der Waals surface area (Å²) in [5.74, 6) is -0.419. The molecule has 0 unspecified atom stereocenters. The molecule has 102 valence electrons. The average Bonchev–Trinajstić information content (AvgIpc) is 2.41. The smallest absolute Gasteiger partial charge is 0.293 e. The molecule has 0 saturated heterocycles. The highest BCUT2D eigenvalue weighted by Gasteiger charge is 2.16. The van der Waals surface area contributed by atoms with Crippen LogP contribution in [0.25, 0.3) is 0 Å². The fraction of sp³-hybridized carbons (Fsp3) is 0.0714. The van der Waals surface area contributed by atoms with Gasteiger partial charge in [0.15, 0.2) is 0 Å². The van der Waals surface area contributed by atoms with Crippen LogP contribution in [0.5, 0.6) is 0 Å². The molecule has 6 heteroatoms. The third kappa shape index (κ3) is 2.92.